The average Bonchev–Trinajstić information content (AvgIpc) is 2.39. The van der Waals surface area contributed by atoms with Gasteiger partial charge in [-0.15, -0.1) is 0 Å². The average molecular weight is 260 g/mol. The fraction of sp³-hybridized carbons (Fsp3) is 0.267. The van der Waals surface area contributed by atoms with E-state index in [9.17, 15) is 9.50 Å². The lowest BCUT2D eigenvalue weighted by atomic mass is 10.0. The predicted molar refractivity (Wildman–Crippen MR) is 72.3 cm³/mol. The van der Waals surface area contributed by atoms with Crippen molar-refractivity contribution in [1.29, 1.82) is 0 Å². The van der Waals surface area contributed by atoms with Crippen molar-refractivity contribution in [1.82, 2.24) is 10.3 Å². The summed E-state index contributed by atoms with van der Waals surface area (Å²) in [5, 5.41) is 12.5. The number of halogens is 1. The van der Waals surface area contributed by atoms with E-state index in [0.717, 1.165) is 11.6 Å². The van der Waals surface area contributed by atoms with Crippen LogP contribution in [0.15, 0.2) is 42.7 Å². The quantitative estimate of drug-likeness (QED) is 0.886. The van der Waals surface area contributed by atoms with Crippen molar-refractivity contribution in [3.63, 3.8) is 0 Å². The van der Waals surface area contributed by atoms with Crippen LogP contribution in [0.3, 0.4) is 0 Å². The number of nitrogens with zero attached hydrogens (tertiary/aromatic N) is 1. The highest BCUT2D eigenvalue weighted by Crippen LogP contribution is 2.23. The fourth-order valence-corrected chi connectivity index (χ4v) is 2.06. The zero-order chi connectivity index (χ0) is 13.8. The number of hydrogen-bond donors (Lipinski definition) is 2. The zero-order valence-corrected chi connectivity index (χ0v) is 11.0. The van der Waals surface area contributed by atoms with E-state index in [4.69, 9.17) is 0 Å². The van der Waals surface area contributed by atoms with Gasteiger partial charge in [0.2, 0.25) is 0 Å². The Morgan fingerprint density at radius 1 is 1.21 bits per heavy atom. The van der Waals surface area contributed by atoms with Gasteiger partial charge in [0.15, 0.2) is 0 Å². The third-order valence-electron chi connectivity index (χ3n) is 3.13. The van der Waals surface area contributed by atoms with Crippen molar-refractivity contribution >= 4 is 0 Å². The Balaban J connectivity index is 2.10. The molecule has 2 aromatic rings. The van der Waals surface area contributed by atoms with Gasteiger partial charge in [0.05, 0.1) is 0 Å². The van der Waals surface area contributed by atoms with E-state index in [1.165, 1.54) is 6.07 Å². The molecule has 1 unspecified atom stereocenters. The monoisotopic (exact) mass is 260 g/mol. The molecule has 19 heavy (non-hydrogen) atoms. The number of rotatable bonds is 4. The van der Waals surface area contributed by atoms with E-state index in [0.29, 0.717) is 5.56 Å². The number of phenolic OH excluding ortho intramolecular Hbond substituents is 1. The highest BCUT2D eigenvalue weighted by molar-refractivity contribution is 5.29. The van der Waals surface area contributed by atoms with Crippen LogP contribution in [-0.2, 0) is 0 Å². The van der Waals surface area contributed by atoms with E-state index in [1.54, 1.807) is 18.5 Å². The molecule has 2 N–H and O–H groups in total. The molecule has 1 aromatic heterocycles. The summed E-state index contributed by atoms with van der Waals surface area (Å²) in [7, 11) is 0. The lowest BCUT2D eigenvalue weighted by molar-refractivity contribution is 0.454. The van der Waals surface area contributed by atoms with Gasteiger partial charge in [0, 0.05) is 36.1 Å². The van der Waals surface area contributed by atoms with E-state index < -0.39 is 5.82 Å². The minimum Gasteiger partial charge on any atom is -0.508 e. The number of benzene rings is 1. The van der Waals surface area contributed by atoms with Crippen LogP contribution in [0.4, 0.5) is 4.39 Å². The Morgan fingerprint density at radius 2 is 2.00 bits per heavy atom. The van der Waals surface area contributed by atoms with Gasteiger partial charge in [-0.05, 0) is 31.5 Å². The molecule has 0 fully saturated rings. The summed E-state index contributed by atoms with van der Waals surface area (Å²) >= 11 is 0. The minimum atomic E-state index is -0.404. The molecule has 3 nitrogen and oxygen atoms in total. The molecule has 4 heteroatoms. The van der Waals surface area contributed by atoms with Gasteiger partial charge < -0.3 is 10.4 Å². The molecule has 1 aromatic carbocycles. The molecular weight excluding hydrogens is 243 g/mol. The van der Waals surface area contributed by atoms with Crippen LogP contribution >= 0.6 is 0 Å². The number of phenols is 1. The number of aromatic nitrogens is 1. The molecule has 100 valence electrons. The summed E-state index contributed by atoms with van der Waals surface area (Å²) < 4.78 is 13.7. The Labute approximate surface area is 112 Å². The van der Waals surface area contributed by atoms with Crippen LogP contribution < -0.4 is 5.32 Å². The topological polar surface area (TPSA) is 45.2 Å². The van der Waals surface area contributed by atoms with Gasteiger partial charge in [-0.25, -0.2) is 4.39 Å². The summed E-state index contributed by atoms with van der Waals surface area (Å²) in [5.41, 5.74) is 1.59. The van der Waals surface area contributed by atoms with Gasteiger partial charge in [0.25, 0.3) is 0 Å². The van der Waals surface area contributed by atoms with Crippen LogP contribution in [0.2, 0.25) is 0 Å². The predicted octanol–water partition coefficient (Wildman–Crippen LogP) is 3.34. The SMILES string of the molecule is CC(N[C@@H](C)c1cccnc1)c1ccc(O)cc1F. The maximum Gasteiger partial charge on any atom is 0.131 e. The molecular formula is C15H17FN2O. The second-order valence-corrected chi connectivity index (χ2v) is 4.60. The second-order valence-electron chi connectivity index (χ2n) is 4.60. The first-order valence-corrected chi connectivity index (χ1v) is 6.22. The third kappa shape index (κ3) is 3.29. The fourth-order valence-electron chi connectivity index (χ4n) is 2.06. The van der Waals surface area contributed by atoms with E-state index in [1.807, 2.05) is 26.0 Å². The molecule has 0 saturated carbocycles. The molecule has 2 rings (SSSR count). The number of pyridine rings is 1. The normalized spacial score (nSPS) is 14.1. The number of aromatic hydroxyl groups is 1. The Morgan fingerprint density at radius 3 is 2.63 bits per heavy atom. The largest absolute Gasteiger partial charge is 0.508 e. The number of hydrogen-bond acceptors (Lipinski definition) is 3. The second kappa shape index (κ2) is 5.80. The lowest BCUT2D eigenvalue weighted by Crippen LogP contribution is -2.23. The third-order valence-corrected chi connectivity index (χ3v) is 3.13. The first-order chi connectivity index (χ1) is 9.08. The molecule has 0 radical (unpaired) electrons. The first kappa shape index (κ1) is 13.5. The summed E-state index contributed by atoms with van der Waals surface area (Å²) in [4.78, 5) is 4.07. The molecule has 0 saturated heterocycles. The molecule has 0 aliphatic carbocycles. The maximum absolute atomic E-state index is 13.7. The van der Waals surface area contributed by atoms with Crippen molar-refractivity contribution < 1.29 is 9.50 Å². The molecule has 0 aliphatic heterocycles. The van der Waals surface area contributed by atoms with E-state index >= 15 is 0 Å². The molecule has 0 bridgehead atoms. The Kier molecular flexibility index (Phi) is 4.12. The van der Waals surface area contributed by atoms with E-state index in [-0.39, 0.29) is 17.8 Å². The Hall–Kier alpha value is -1.94. The van der Waals surface area contributed by atoms with Gasteiger partial charge in [-0.2, -0.15) is 0 Å². The van der Waals surface area contributed by atoms with Crippen molar-refractivity contribution in [3.8, 4) is 5.75 Å². The van der Waals surface area contributed by atoms with Crippen molar-refractivity contribution in [2.75, 3.05) is 0 Å². The summed E-state index contributed by atoms with van der Waals surface area (Å²) in [6.45, 7) is 3.90. The van der Waals surface area contributed by atoms with Gasteiger partial charge >= 0.3 is 0 Å². The van der Waals surface area contributed by atoms with Crippen LogP contribution in [0.1, 0.15) is 37.1 Å². The van der Waals surface area contributed by atoms with E-state index in [2.05, 4.69) is 10.3 Å². The van der Waals surface area contributed by atoms with Crippen molar-refractivity contribution in [2.24, 2.45) is 0 Å². The summed E-state index contributed by atoms with van der Waals surface area (Å²) in [6.07, 6.45) is 3.51. The summed E-state index contributed by atoms with van der Waals surface area (Å²) in [5.74, 6) is -0.466. The highest BCUT2D eigenvalue weighted by atomic mass is 19.1. The van der Waals surface area contributed by atoms with Crippen molar-refractivity contribution in [2.45, 2.75) is 25.9 Å². The Bertz CT molecular complexity index is 545. The first-order valence-electron chi connectivity index (χ1n) is 6.22. The van der Waals surface area contributed by atoms with Crippen molar-refractivity contribution in [3.05, 3.63) is 59.7 Å². The smallest absolute Gasteiger partial charge is 0.131 e. The zero-order valence-electron chi connectivity index (χ0n) is 11.0. The molecule has 1 heterocycles. The van der Waals surface area contributed by atoms with Crippen LogP contribution in [0.5, 0.6) is 5.75 Å². The summed E-state index contributed by atoms with van der Waals surface area (Å²) in [6, 6.07) is 7.98. The van der Waals surface area contributed by atoms with Crippen LogP contribution in [0.25, 0.3) is 0 Å². The molecule has 2 atom stereocenters. The minimum absolute atomic E-state index is 0.0613. The van der Waals surface area contributed by atoms with Gasteiger partial charge in [-0.1, -0.05) is 12.1 Å². The standard InChI is InChI=1S/C15H17FN2O/c1-10(12-4-3-7-17-9-12)18-11(2)14-6-5-13(19)8-15(14)16/h3-11,18-19H,1-2H3/t10-,11?/m0/s1. The molecule has 0 amide bonds. The van der Waals surface area contributed by atoms with Crippen LogP contribution in [-0.4, -0.2) is 10.1 Å². The number of nitrogens with one attached hydrogen (secondary N) is 1. The van der Waals surface area contributed by atoms with Gasteiger partial charge in [0.1, 0.15) is 11.6 Å². The van der Waals surface area contributed by atoms with Gasteiger partial charge in [-0.3, -0.25) is 4.98 Å². The molecule has 0 spiro atoms. The van der Waals surface area contributed by atoms with Crippen LogP contribution in [0, 0.1) is 5.82 Å². The highest BCUT2D eigenvalue weighted by Gasteiger charge is 2.14. The lowest BCUT2D eigenvalue weighted by Gasteiger charge is -2.21. The molecule has 0 aliphatic rings. The maximum atomic E-state index is 13.7.